The van der Waals surface area contributed by atoms with Crippen molar-refractivity contribution in [3.8, 4) is 17.1 Å². The molecular weight excluding hydrogens is 528 g/mol. The number of rotatable bonds is 7. The minimum absolute atomic E-state index is 0.0267. The standard InChI is InChI=1S/C21H17BrN6O3S2/c22-15-1-5-17(6-2-15)28-20(14-9-11-24-12-10-14)26-27-21(28)32-13-19(29)25-16-3-7-18(8-4-16)33(23,30)31/h1-12H,13H2,(H,25,29)(H2,23,30,31). The van der Waals surface area contributed by atoms with Crippen molar-refractivity contribution in [2.24, 2.45) is 5.14 Å². The molecule has 0 aliphatic heterocycles. The number of thioether (sulfide) groups is 1. The number of benzene rings is 2. The molecule has 33 heavy (non-hydrogen) atoms. The topological polar surface area (TPSA) is 133 Å². The first-order valence-corrected chi connectivity index (χ1v) is 12.8. The van der Waals surface area contributed by atoms with E-state index < -0.39 is 10.0 Å². The summed E-state index contributed by atoms with van der Waals surface area (Å²) >= 11 is 4.67. The molecule has 12 heteroatoms. The van der Waals surface area contributed by atoms with E-state index >= 15 is 0 Å². The zero-order valence-corrected chi connectivity index (χ0v) is 20.1. The third-order valence-corrected chi connectivity index (χ3v) is 6.84. The van der Waals surface area contributed by atoms with Crippen molar-refractivity contribution in [3.05, 3.63) is 77.5 Å². The van der Waals surface area contributed by atoms with Gasteiger partial charge in [0, 0.05) is 33.8 Å². The molecule has 2 aromatic carbocycles. The van der Waals surface area contributed by atoms with Gasteiger partial charge >= 0.3 is 0 Å². The van der Waals surface area contributed by atoms with Crippen LogP contribution in [0.5, 0.6) is 0 Å². The molecule has 0 saturated carbocycles. The number of carbonyl (C=O) groups is 1. The molecule has 2 heterocycles. The monoisotopic (exact) mass is 544 g/mol. The molecule has 9 nitrogen and oxygen atoms in total. The summed E-state index contributed by atoms with van der Waals surface area (Å²) in [5.41, 5.74) is 2.14. The third-order valence-electron chi connectivity index (χ3n) is 4.46. The lowest BCUT2D eigenvalue weighted by Gasteiger charge is -2.11. The number of amides is 1. The minimum Gasteiger partial charge on any atom is -0.325 e. The van der Waals surface area contributed by atoms with Crippen molar-refractivity contribution in [1.82, 2.24) is 19.7 Å². The molecule has 168 valence electrons. The summed E-state index contributed by atoms with van der Waals surface area (Å²) in [7, 11) is -3.79. The Morgan fingerprint density at radius 3 is 2.30 bits per heavy atom. The van der Waals surface area contributed by atoms with Gasteiger partial charge in [-0.3, -0.25) is 14.3 Å². The molecule has 0 unspecified atom stereocenters. The van der Waals surface area contributed by atoms with Gasteiger partial charge in [0.05, 0.1) is 10.6 Å². The van der Waals surface area contributed by atoms with E-state index in [0.29, 0.717) is 16.7 Å². The maximum absolute atomic E-state index is 12.5. The van der Waals surface area contributed by atoms with Gasteiger partial charge in [0.15, 0.2) is 11.0 Å². The predicted octanol–water partition coefficient (Wildman–Crippen LogP) is 3.47. The number of hydrogen-bond donors (Lipinski definition) is 2. The van der Waals surface area contributed by atoms with E-state index in [1.54, 1.807) is 12.4 Å². The van der Waals surface area contributed by atoms with Gasteiger partial charge in [-0.2, -0.15) is 0 Å². The van der Waals surface area contributed by atoms with Gasteiger partial charge in [-0.15, -0.1) is 10.2 Å². The average Bonchev–Trinajstić information content (AvgIpc) is 3.22. The highest BCUT2D eigenvalue weighted by molar-refractivity contribution is 9.10. The lowest BCUT2D eigenvalue weighted by molar-refractivity contribution is -0.113. The van der Waals surface area contributed by atoms with Crippen molar-refractivity contribution >= 4 is 49.3 Å². The van der Waals surface area contributed by atoms with Gasteiger partial charge < -0.3 is 5.32 Å². The van der Waals surface area contributed by atoms with E-state index in [9.17, 15) is 13.2 Å². The second-order valence-electron chi connectivity index (χ2n) is 6.76. The molecule has 0 spiro atoms. The number of nitrogens with zero attached hydrogens (tertiary/aromatic N) is 4. The molecule has 4 rings (SSSR count). The molecule has 3 N–H and O–H groups in total. The number of aromatic nitrogens is 4. The van der Waals surface area contributed by atoms with Crippen molar-refractivity contribution in [2.75, 3.05) is 11.1 Å². The van der Waals surface area contributed by atoms with Crippen LogP contribution in [0.15, 0.2) is 87.6 Å². The van der Waals surface area contributed by atoms with Gasteiger partial charge in [0.2, 0.25) is 15.9 Å². The van der Waals surface area contributed by atoms with Crippen LogP contribution in [0, 0.1) is 0 Å². The fourth-order valence-corrected chi connectivity index (χ4v) is 4.46. The van der Waals surface area contributed by atoms with Gasteiger partial charge in [-0.25, -0.2) is 13.6 Å². The second kappa shape index (κ2) is 9.83. The Hall–Kier alpha value is -3.06. The van der Waals surface area contributed by atoms with E-state index in [2.05, 4.69) is 36.4 Å². The fourth-order valence-electron chi connectivity index (χ4n) is 2.93. The highest BCUT2D eigenvalue weighted by Crippen LogP contribution is 2.28. The lowest BCUT2D eigenvalue weighted by Crippen LogP contribution is -2.15. The number of anilines is 1. The maximum atomic E-state index is 12.5. The summed E-state index contributed by atoms with van der Waals surface area (Å²) in [5.74, 6) is 0.419. The molecule has 0 aliphatic rings. The molecule has 0 atom stereocenters. The first-order valence-electron chi connectivity index (χ1n) is 9.48. The SMILES string of the molecule is NS(=O)(=O)c1ccc(NC(=O)CSc2nnc(-c3ccncc3)n2-c2ccc(Br)cc2)cc1. The van der Waals surface area contributed by atoms with Gasteiger partial charge in [0.25, 0.3) is 0 Å². The third kappa shape index (κ3) is 5.66. The van der Waals surface area contributed by atoms with Crippen LogP contribution in [-0.4, -0.2) is 39.8 Å². The Balaban J connectivity index is 1.54. The number of primary sulfonamides is 1. The predicted molar refractivity (Wildman–Crippen MR) is 129 cm³/mol. The number of sulfonamides is 1. The normalized spacial score (nSPS) is 11.3. The molecule has 1 amide bonds. The number of nitrogens with one attached hydrogen (secondary N) is 1. The zero-order chi connectivity index (χ0) is 23.4. The second-order valence-corrected chi connectivity index (χ2v) is 10.2. The Morgan fingerprint density at radius 1 is 1.00 bits per heavy atom. The Kier molecular flexibility index (Phi) is 6.88. The highest BCUT2D eigenvalue weighted by atomic mass is 79.9. The van der Waals surface area contributed by atoms with Crippen LogP contribution < -0.4 is 10.5 Å². The zero-order valence-electron chi connectivity index (χ0n) is 16.9. The Labute approximate surface area is 202 Å². The van der Waals surface area contributed by atoms with Crippen LogP contribution in [-0.2, 0) is 14.8 Å². The maximum Gasteiger partial charge on any atom is 0.238 e. The summed E-state index contributed by atoms with van der Waals surface area (Å²) in [5, 5.41) is 17.0. The molecule has 2 aromatic heterocycles. The lowest BCUT2D eigenvalue weighted by atomic mass is 10.2. The van der Waals surface area contributed by atoms with Crippen molar-refractivity contribution in [1.29, 1.82) is 0 Å². The van der Waals surface area contributed by atoms with Crippen LogP contribution in [0.4, 0.5) is 5.69 Å². The van der Waals surface area contributed by atoms with Crippen LogP contribution >= 0.6 is 27.7 Å². The molecule has 0 aliphatic carbocycles. The summed E-state index contributed by atoms with van der Waals surface area (Å²) < 4.78 is 25.5. The van der Waals surface area contributed by atoms with Crippen molar-refractivity contribution in [3.63, 3.8) is 0 Å². The fraction of sp³-hybridized carbons (Fsp3) is 0.0476. The average molecular weight is 545 g/mol. The number of pyridine rings is 1. The molecule has 0 fully saturated rings. The highest BCUT2D eigenvalue weighted by Gasteiger charge is 2.17. The smallest absolute Gasteiger partial charge is 0.238 e. The molecule has 0 radical (unpaired) electrons. The summed E-state index contributed by atoms with van der Waals surface area (Å²) in [6, 6.07) is 17.0. The van der Waals surface area contributed by atoms with Crippen LogP contribution in [0.2, 0.25) is 0 Å². The minimum atomic E-state index is -3.79. The van der Waals surface area contributed by atoms with Crippen LogP contribution in [0.25, 0.3) is 17.1 Å². The van der Waals surface area contributed by atoms with Crippen molar-refractivity contribution < 1.29 is 13.2 Å². The molecular formula is C21H17BrN6O3S2. The van der Waals surface area contributed by atoms with Gasteiger partial charge in [-0.05, 0) is 60.7 Å². The quantitative estimate of drug-likeness (QED) is 0.340. The number of halogens is 1. The van der Waals surface area contributed by atoms with E-state index in [1.165, 1.54) is 36.0 Å². The molecule has 4 aromatic rings. The van der Waals surface area contributed by atoms with E-state index in [-0.39, 0.29) is 16.6 Å². The van der Waals surface area contributed by atoms with Crippen LogP contribution in [0.3, 0.4) is 0 Å². The molecule has 0 bridgehead atoms. The van der Waals surface area contributed by atoms with Gasteiger partial charge in [-0.1, -0.05) is 27.7 Å². The van der Waals surface area contributed by atoms with E-state index in [0.717, 1.165) is 15.7 Å². The number of hydrogen-bond acceptors (Lipinski definition) is 7. The van der Waals surface area contributed by atoms with Crippen molar-refractivity contribution in [2.45, 2.75) is 10.1 Å². The summed E-state index contributed by atoms with van der Waals surface area (Å²) in [6.07, 6.45) is 3.36. The summed E-state index contributed by atoms with van der Waals surface area (Å²) in [6.45, 7) is 0. The largest absolute Gasteiger partial charge is 0.325 e. The van der Waals surface area contributed by atoms with E-state index in [4.69, 9.17) is 5.14 Å². The van der Waals surface area contributed by atoms with Crippen LogP contribution in [0.1, 0.15) is 0 Å². The number of nitrogens with two attached hydrogens (primary N) is 1. The Morgan fingerprint density at radius 2 is 1.67 bits per heavy atom. The summed E-state index contributed by atoms with van der Waals surface area (Å²) in [4.78, 5) is 16.5. The van der Waals surface area contributed by atoms with E-state index in [1.807, 2.05) is 41.0 Å². The first kappa shape index (κ1) is 23.1. The van der Waals surface area contributed by atoms with Gasteiger partial charge in [0.1, 0.15) is 0 Å². The Bertz CT molecular complexity index is 1380. The molecule has 0 saturated heterocycles. The first-order chi connectivity index (χ1) is 15.8. The number of carbonyl (C=O) groups excluding carboxylic acids is 1.